The van der Waals surface area contributed by atoms with Gasteiger partial charge in [0.1, 0.15) is 0 Å². The lowest BCUT2D eigenvalue weighted by Gasteiger charge is -2.13. The van der Waals surface area contributed by atoms with Gasteiger partial charge in [0, 0.05) is 36.6 Å². The van der Waals surface area contributed by atoms with E-state index < -0.39 is 12.1 Å². The van der Waals surface area contributed by atoms with Crippen LogP contribution in [0, 0.1) is 0 Å². The summed E-state index contributed by atoms with van der Waals surface area (Å²) in [7, 11) is 3.83. The predicted molar refractivity (Wildman–Crippen MR) is 93.5 cm³/mol. The summed E-state index contributed by atoms with van der Waals surface area (Å²) in [4.78, 5) is 17.5. The first-order chi connectivity index (χ1) is 12.7. The van der Waals surface area contributed by atoms with Gasteiger partial charge < -0.3 is 14.7 Å². The smallest absolute Gasteiger partial charge is 0.378 e. The second kappa shape index (κ2) is 7.10. The van der Waals surface area contributed by atoms with Crippen molar-refractivity contribution in [2.24, 2.45) is 0 Å². The second-order valence-electron chi connectivity index (χ2n) is 5.89. The lowest BCUT2D eigenvalue weighted by molar-refractivity contribution is -0.159. The molecule has 1 heterocycles. The summed E-state index contributed by atoms with van der Waals surface area (Å²) in [5.74, 6) is -1.96. The quantitative estimate of drug-likeness (QED) is 0.743. The Balaban J connectivity index is 1.71. The molecule has 0 aliphatic rings. The zero-order chi connectivity index (χ0) is 19.6. The molecule has 27 heavy (non-hydrogen) atoms. The van der Waals surface area contributed by atoms with Gasteiger partial charge in [0.15, 0.2) is 0 Å². The van der Waals surface area contributed by atoms with Crippen molar-refractivity contribution in [3.05, 3.63) is 60.0 Å². The molecule has 0 radical (unpaired) electrons. The van der Waals surface area contributed by atoms with Gasteiger partial charge in [-0.2, -0.15) is 18.2 Å². The largest absolute Gasteiger partial charge is 0.471 e. The van der Waals surface area contributed by atoms with Crippen LogP contribution < -0.4 is 10.2 Å². The Hall–Kier alpha value is -3.36. The Morgan fingerprint density at radius 1 is 1.04 bits per heavy atom. The molecule has 0 aliphatic heterocycles. The van der Waals surface area contributed by atoms with Gasteiger partial charge in [-0.15, -0.1) is 0 Å². The monoisotopic (exact) mass is 376 g/mol. The van der Waals surface area contributed by atoms with E-state index in [2.05, 4.69) is 20.0 Å². The Morgan fingerprint density at radius 3 is 2.19 bits per heavy atom. The number of carbonyl (C=O) groups is 1. The van der Waals surface area contributed by atoms with Crippen LogP contribution in [0.4, 0.5) is 24.5 Å². The molecule has 0 unspecified atom stereocenters. The average molecular weight is 376 g/mol. The number of amides is 1. The second-order valence-corrected chi connectivity index (χ2v) is 5.89. The Labute approximate surface area is 152 Å². The first-order valence-electron chi connectivity index (χ1n) is 7.84. The van der Waals surface area contributed by atoms with Gasteiger partial charge in [-0.05, 0) is 36.4 Å². The van der Waals surface area contributed by atoms with Crippen molar-refractivity contribution in [3.63, 3.8) is 0 Å². The molecular weight excluding hydrogens is 361 g/mol. The average Bonchev–Trinajstić information content (AvgIpc) is 3.13. The third kappa shape index (κ3) is 4.25. The zero-order valence-electron chi connectivity index (χ0n) is 14.4. The molecule has 3 rings (SSSR count). The normalized spacial score (nSPS) is 11.3. The van der Waals surface area contributed by atoms with Crippen molar-refractivity contribution >= 4 is 17.3 Å². The summed E-state index contributed by atoms with van der Waals surface area (Å²) in [6.07, 6.45) is -4.70. The van der Waals surface area contributed by atoms with Gasteiger partial charge in [-0.25, -0.2) is 0 Å². The van der Waals surface area contributed by atoms with Crippen LogP contribution in [0.15, 0.2) is 53.1 Å². The number of carbonyl (C=O) groups excluding carboxylic acids is 1. The SMILES string of the molecule is CN(C)c1ccc(NC(=O)c2ccc(-c3noc(C(F)(F)F)n3)cc2)cc1. The van der Waals surface area contributed by atoms with E-state index in [0.717, 1.165) is 5.69 Å². The molecule has 1 amide bonds. The predicted octanol–water partition coefficient (Wildman–Crippen LogP) is 4.07. The van der Waals surface area contributed by atoms with Crippen molar-refractivity contribution in [2.45, 2.75) is 6.18 Å². The highest BCUT2D eigenvalue weighted by Crippen LogP contribution is 2.29. The number of alkyl halides is 3. The fraction of sp³-hybridized carbons (Fsp3) is 0.167. The summed E-state index contributed by atoms with van der Waals surface area (Å²) in [5, 5.41) is 6.06. The van der Waals surface area contributed by atoms with Crippen LogP contribution in [-0.4, -0.2) is 30.1 Å². The number of nitrogens with zero attached hydrogens (tertiary/aromatic N) is 3. The maximum atomic E-state index is 12.5. The first-order valence-corrected chi connectivity index (χ1v) is 7.84. The zero-order valence-corrected chi connectivity index (χ0v) is 14.4. The highest BCUT2D eigenvalue weighted by Gasteiger charge is 2.38. The first kappa shape index (κ1) is 18.4. The molecule has 0 spiro atoms. The van der Waals surface area contributed by atoms with E-state index >= 15 is 0 Å². The minimum atomic E-state index is -4.70. The number of hydrogen-bond acceptors (Lipinski definition) is 5. The number of aromatic nitrogens is 2. The maximum absolute atomic E-state index is 12.5. The van der Waals surface area contributed by atoms with Gasteiger partial charge in [-0.1, -0.05) is 17.3 Å². The molecular formula is C18H15F3N4O2. The lowest BCUT2D eigenvalue weighted by atomic mass is 10.1. The Morgan fingerprint density at radius 2 is 1.67 bits per heavy atom. The lowest BCUT2D eigenvalue weighted by Crippen LogP contribution is -2.12. The molecule has 3 aromatic rings. The van der Waals surface area contributed by atoms with Crippen molar-refractivity contribution in [1.29, 1.82) is 0 Å². The standard InChI is InChI=1S/C18H15F3N4O2/c1-25(2)14-9-7-13(8-10-14)22-16(26)12-5-3-11(4-6-12)15-23-17(27-24-15)18(19,20)21/h3-10H,1-2H3,(H,22,26). The van der Waals surface area contributed by atoms with Gasteiger partial charge in [0.05, 0.1) is 0 Å². The maximum Gasteiger partial charge on any atom is 0.471 e. The molecule has 0 bridgehead atoms. The van der Waals surface area contributed by atoms with E-state index in [1.807, 2.05) is 31.1 Å². The molecule has 140 valence electrons. The summed E-state index contributed by atoms with van der Waals surface area (Å²) in [6, 6.07) is 13.1. The van der Waals surface area contributed by atoms with Crippen LogP contribution in [0.5, 0.6) is 0 Å². The summed E-state index contributed by atoms with van der Waals surface area (Å²) in [6.45, 7) is 0. The van der Waals surface area contributed by atoms with Gasteiger partial charge >= 0.3 is 12.1 Å². The topological polar surface area (TPSA) is 71.3 Å². The molecule has 9 heteroatoms. The molecule has 6 nitrogen and oxygen atoms in total. The number of hydrogen-bond donors (Lipinski definition) is 1. The highest BCUT2D eigenvalue weighted by atomic mass is 19.4. The van der Waals surface area contributed by atoms with E-state index in [1.54, 1.807) is 12.1 Å². The van der Waals surface area contributed by atoms with Crippen LogP contribution in [0.25, 0.3) is 11.4 Å². The van der Waals surface area contributed by atoms with E-state index in [4.69, 9.17) is 0 Å². The molecule has 0 aliphatic carbocycles. The number of rotatable bonds is 4. The molecule has 1 N–H and O–H groups in total. The van der Waals surface area contributed by atoms with Crippen LogP contribution in [0.1, 0.15) is 16.2 Å². The van der Waals surface area contributed by atoms with E-state index in [9.17, 15) is 18.0 Å². The van der Waals surface area contributed by atoms with Gasteiger partial charge in [0.2, 0.25) is 5.82 Å². The number of benzene rings is 2. The van der Waals surface area contributed by atoms with Gasteiger partial charge in [0.25, 0.3) is 5.91 Å². The summed E-state index contributed by atoms with van der Waals surface area (Å²) in [5.41, 5.74) is 2.27. The molecule has 0 fully saturated rings. The van der Waals surface area contributed by atoms with Crippen molar-refractivity contribution in [1.82, 2.24) is 10.1 Å². The minimum Gasteiger partial charge on any atom is -0.378 e. The Kier molecular flexibility index (Phi) is 4.85. The van der Waals surface area contributed by atoms with E-state index in [1.165, 1.54) is 24.3 Å². The summed E-state index contributed by atoms with van der Waals surface area (Å²) < 4.78 is 41.7. The molecule has 2 aromatic carbocycles. The summed E-state index contributed by atoms with van der Waals surface area (Å²) >= 11 is 0. The van der Waals surface area contributed by atoms with Crippen LogP contribution in [0.2, 0.25) is 0 Å². The number of anilines is 2. The van der Waals surface area contributed by atoms with Crippen LogP contribution in [0.3, 0.4) is 0 Å². The number of nitrogens with one attached hydrogen (secondary N) is 1. The Bertz CT molecular complexity index is 932. The number of halogens is 3. The fourth-order valence-electron chi connectivity index (χ4n) is 2.27. The van der Waals surface area contributed by atoms with E-state index in [-0.39, 0.29) is 11.7 Å². The third-order valence-electron chi connectivity index (χ3n) is 3.72. The van der Waals surface area contributed by atoms with E-state index in [0.29, 0.717) is 16.8 Å². The fourth-order valence-corrected chi connectivity index (χ4v) is 2.27. The molecule has 0 saturated carbocycles. The van der Waals surface area contributed by atoms with Crippen LogP contribution in [-0.2, 0) is 6.18 Å². The molecule has 1 aromatic heterocycles. The third-order valence-corrected chi connectivity index (χ3v) is 3.72. The van der Waals surface area contributed by atoms with Crippen LogP contribution >= 0.6 is 0 Å². The highest BCUT2D eigenvalue weighted by molar-refractivity contribution is 6.04. The van der Waals surface area contributed by atoms with Gasteiger partial charge in [-0.3, -0.25) is 4.79 Å². The molecule has 0 saturated heterocycles. The van der Waals surface area contributed by atoms with Crippen molar-refractivity contribution in [2.75, 3.05) is 24.3 Å². The van der Waals surface area contributed by atoms with Crippen molar-refractivity contribution < 1.29 is 22.5 Å². The molecule has 0 atom stereocenters. The minimum absolute atomic E-state index is 0.200. The van der Waals surface area contributed by atoms with Crippen molar-refractivity contribution in [3.8, 4) is 11.4 Å².